The Morgan fingerprint density at radius 1 is 1.18 bits per heavy atom. The zero-order chi connectivity index (χ0) is 16.1. The molecule has 0 N–H and O–H groups in total. The summed E-state index contributed by atoms with van der Waals surface area (Å²) in [5.74, 6) is 0.279. The first-order valence-corrected chi connectivity index (χ1v) is 7.56. The normalized spacial score (nSPS) is 18.5. The Morgan fingerprint density at radius 3 is 2.55 bits per heavy atom. The number of benzene rings is 1. The van der Waals surface area contributed by atoms with E-state index in [0.29, 0.717) is 11.3 Å². The highest BCUT2D eigenvalue weighted by atomic mass is 16.6. The van der Waals surface area contributed by atoms with Crippen LogP contribution >= 0.6 is 0 Å². The maximum Gasteiger partial charge on any atom is 0.339 e. The molecule has 5 heteroatoms. The molecular formula is C17H19NO4. The molecule has 3 rings (SSSR count). The van der Waals surface area contributed by atoms with E-state index in [1.165, 1.54) is 12.1 Å². The third-order valence-electron chi connectivity index (χ3n) is 3.59. The van der Waals surface area contributed by atoms with Crippen LogP contribution < -0.4 is 0 Å². The monoisotopic (exact) mass is 301 g/mol. The molecule has 0 atom stereocenters. The molecule has 5 nitrogen and oxygen atoms in total. The fourth-order valence-electron chi connectivity index (χ4n) is 2.62. The number of hydrogen-bond donors (Lipinski definition) is 0. The van der Waals surface area contributed by atoms with Gasteiger partial charge in [0.15, 0.2) is 0 Å². The molecule has 0 unspecified atom stereocenters. The van der Waals surface area contributed by atoms with Gasteiger partial charge in [0, 0.05) is 23.3 Å². The van der Waals surface area contributed by atoms with Crippen LogP contribution in [0.1, 0.15) is 45.1 Å². The summed E-state index contributed by atoms with van der Waals surface area (Å²) in [5.41, 5.74) is 2.43. The maximum atomic E-state index is 11.8. The van der Waals surface area contributed by atoms with Crippen LogP contribution in [0.2, 0.25) is 0 Å². The van der Waals surface area contributed by atoms with Crippen molar-refractivity contribution in [1.82, 2.24) is 0 Å². The van der Waals surface area contributed by atoms with Crippen LogP contribution in [0.3, 0.4) is 0 Å². The minimum absolute atomic E-state index is 0.0292. The average molecular weight is 301 g/mol. The summed E-state index contributed by atoms with van der Waals surface area (Å²) in [6.45, 7) is 4.00. The summed E-state index contributed by atoms with van der Waals surface area (Å²) >= 11 is 0. The Balaban J connectivity index is 0.000000847. The number of nitrogens with zero attached hydrogens (tertiary/aromatic N) is 1. The van der Waals surface area contributed by atoms with E-state index in [0.717, 1.165) is 36.8 Å². The van der Waals surface area contributed by atoms with E-state index < -0.39 is 4.92 Å². The number of hydrogen-bond acceptors (Lipinski definition) is 4. The number of cyclic esters (lactones) is 1. The van der Waals surface area contributed by atoms with E-state index in [2.05, 4.69) is 0 Å². The van der Waals surface area contributed by atoms with Crippen LogP contribution in [0.25, 0.3) is 6.08 Å². The highest BCUT2D eigenvalue weighted by Gasteiger charge is 2.31. The summed E-state index contributed by atoms with van der Waals surface area (Å²) in [4.78, 5) is 22.1. The van der Waals surface area contributed by atoms with E-state index >= 15 is 0 Å². The van der Waals surface area contributed by atoms with Crippen molar-refractivity contribution in [2.75, 3.05) is 0 Å². The van der Waals surface area contributed by atoms with Crippen molar-refractivity contribution in [2.24, 2.45) is 0 Å². The van der Waals surface area contributed by atoms with Crippen molar-refractivity contribution in [3.05, 3.63) is 56.8 Å². The molecule has 0 bridgehead atoms. The quantitative estimate of drug-likeness (QED) is 0.461. The van der Waals surface area contributed by atoms with Crippen LogP contribution in [0.5, 0.6) is 0 Å². The second-order valence-corrected chi connectivity index (χ2v) is 4.91. The van der Waals surface area contributed by atoms with Gasteiger partial charge in [0.1, 0.15) is 5.76 Å². The second kappa shape index (κ2) is 7.02. The Labute approximate surface area is 129 Å². The van der Waals surface area contributed by atoms with Crippen LogP contribution in [0.15, 0.2) is 41.2 Å². The fourth-order valence-corrected chi connectivity index (χ4v) is 2.62. The molecule has 1 aromatic carbocycles. The Kier molecular flexibility index (Phi) is 5.09. The zero-order valence-electron chi connectivity index (χ0n) is 12.8. The van der Waals surface area contributed by atoms with Gasteiger partial charge in [-0.05, 0) is 37.3 Å². The maximum absolute atomic E-state index is 11.8. The van der Waals surface area contributed by atoms with Gasteiger partial charge in [0.2, 0.25) is 0 Å². The molecule has 0 radical (unpaired) electrons. The molecule has 0 fully saturated rings. The smallest absolute Gasteiger partial charge is 0.339 e. The van der Waals surface area contributed by atoms with Crippen LogP contribution in [-0.2, 0) is 9.53 Å². The molecule has 0 saturated heterocycles. The predicted molar refractivity (Wildman–Crippen MR) is 84.0 cm³/mol. The van der Waals surface area contributed by atoms with E-state index in [4.69, 9.17) is 4.74 Å². The number of carbonyl (C=O) groups excluding carboxylic acids is 1. The number of nitro benzene ring substituents is 1. The number of ether oxygens (including phenoxy) is 1. The lowest BCUT2D eigenvalue weighted by molar-refractivity contribution is -0.384. The minimum atomic E-state index is -0.437. The van der Waals surface area contributed by atoms with Gasteiger partial charge in [-0.15, -0.1) is 0 Å². The van der Waals surface area contributed by atoms with Crippen LogP contribution in [-0.4, -0.2) is 10.9 Å². The van der Waals surface area contributed by atoms with Crippen molar-refractivity contribution in [3.63, 3.8) is 0 Å². The molecule has 116 valence electrons. The first-order chi connectivity index (χ1) is 10.6. The molecule has 1 aliphatic heterocycles. The Bertz CT molecular complexity index is 658. The van der Waals surface area contributed by atoms with Gasteiger partial charge in [-0.3, -0.25) is 10.1 Å². The Morgan fingerprint density at radius 2 is 1.86 bits per heavy atom. The number of esters is 1. The number of non-ortho nitro benzene ring substituents is 1. The van der Waals surface area contributed by atoms with Gasteiger partial charge in [-0.2, -0.15) is 0 Å². The number of carbonyl (C=O) groups is 1. The summed E-state index contributed by atoms with van der Waals surface area (Å²) in [7, 11) is 0. The molecule has 1 heterocycles. The summed E-state index contributed by atoms with van der Waals surface area (Å²) in [5, 5.41) is 10.8. The van der Waals surface area contributed by atoms with Gasteiger partial charge < -0.3 is 4.74 Å². The van der Waals surface area contributed by atoms with Crippen molar-refractivity contribution in [3.8, 4) is 0 Å². The van der Waals surface area contributed by atoms with Gasteiger partial charge >= 0.3 is 5.97 Å². The molecule has 0 spiro atoms. The zero-order valence-corrected chi connectivity index (χ0v) is 12.8. The standard InChI is InChI=1S/C15H13NO4.C2H6/c17-15-13-7-2-1-6-12(13)14(20-15)9-10-4-3-5-11(8-10)16(18)19;1-2/h3-5,8-9H,1-2,6-7H2;1-2H3/b14-9-;. The number of allylic oxidation sites excluding steroid dienone is 1. The highest BCUT2D eigenvalue weighted by molar-refractivity contribution is 5.95. The minimum Gasteiger partial charge on any atom is -0.423 e. The van der Waals surface area contributed by atoms with Crippen molar-refractivity contribution in [2.45, 2.75) is 39.5 Å². The third kappa shape index (κ3) is 3.24. The molecule has 2 aliphatic rings. The Hall–Kier alpha value is -2.43. The van der Waals surface area contributed by atoms with Gasteiger partial charge in [-0.1, -0.05) is 26.0 Å². The van der Waals surface area contributed by atoms with E-state index in [9.17, 15) is 14.9 Å². The van der Waals surface area contributed by atoms with Crippen molar-refractivity contribution in [1.29, 1.82) is 0 Å². The lowest BCUT2D eigenvalue weighted by Gasteiger charge is -2.10. The van der Waals surface area contributed by atoms with Crippen LogP contribution in [0, 0.1) is 10.1 Å². The lowest BCUT2D eigenvalue weighted by atomic mass is 9.92. The number of rotatable bonds is 2. The molecule has 0 saturated carbocycles. The largest absolute Gasteiger partial charge is 0.423 e. The molecule has 22 heavy (non-hydrogen) atoms. The van der Waals surface area contributed by atoms with Crippen LogP contribution in [0.4, 0.5) is 5.69 Å². The topological polar surface area (TPSA) is 69.4 Å². The summed E-state index contributed by atoms with van der Waals surface area (Å²) in [6.07, 6.45) is 5.36. The molecule has 0 amide bonds. The first-order valence-electron chi connectivity index (χ1n) is 7.56. The van der Waals surface area contributed by atoms with Gasteiger partial charge in [0.25, 0.3) is 5.69 Å². The molecule has 0 aromatic heterocycles. The summed E-state index contributed by atoms with van der Waals surface area (Å²) in [6, 6.07) is 6.29. The molecular weight excluding hydrogens is 282 g/mol. The van der Waals surface area contributed by atoms with Gasteiger partial charge in [0.05, 0.1) is 4.92 Å². The van der Waals surface area contributed by atoms with E-state index in [1.807, 2.05) is 13.8 Å². The second-order valence-electron chi connectivity index (χ2n) is 4.91. The van der Waals surface area contributed by atoms with E-state index in [1.54, 1.807) is 18.2 Å². The third-order valence-corrected chi connectivity index (χ3v) is 3.59. The fraction of sp³-hybridized carbons (Fsp3) is 0.353. The predicted octanol–water partition coefficient (Wildman–Crippen LogP) is 4.39. The van der Waals surface area contributed by atoms with Crippen molar-refractivity contribution >= 4 is 17.7 Å². The lowest BCUT2D eigenvalue weighted by Crippen LogP contribution is -2.01. The van der Waals surface area contributed by atoms with Gasteiger partial charge in [-0.25, -0.2) is 4.79 Å². The average Bonchev–Trinajstić information content (AvgIpc) is 2.86. The SMILES string of the molecule is CC.O=C1O/C(=C\c2cccc([N+](=O)[O-])c2)C2=C1CCCC2. The summed E-state index contributed by atoms with van der Waals surface area (Å²) < 4.78 is 5.29. The highest BCUT2D eigenvalue weighted by Crippen LogP contribution is 2.37. The molecule has 1 aromatic rings. The molecule has 1 aliphatic carbocycles. The van der Waals surface area contributed by atoms with E-state index in [-0.39, 0.29) is 11.7 Å². The van der Waals surface area contributed by atoms with Crippen molar-refractivity contribution < 1.29 is 14.5 Å². The number of nitro groups is 1. The first kappa shape index (κ1) is 15.9.